The number of amides is 2. The summed E-state index contributed by atoms with van der Waals surface area (Å²) in [4.78, 5) is 31.3. The summed E-state index contributed by atoms with van der Waals surface area (Å²) in [5.74, 6) is 0.00415. The molecule has 1 aliphatic carbocycles. The molecule has 4 N–H and O–H groups in total. The van der Waals surface area contributed by atoms with E-state index in [0.717, 1.165) is 31.2 Å². The van der Waals surface area contributed by atoms with Crippen LogP contribution >= 0.6 is 0 Å². The van der Waals surface area contributed by atoms with E-state index in [2.05, 4.69) is 20.6 Å². The fourth-order valence-electron chi connectivity index (χ4n) is 2.70. The highest BCUT2D eigenvalue weighted by atomic mass is 16.2. The van der Waals surface area contributed by atoms with Crippen molar-refractivity contribution in [2.24, 2.45) is 5.73 Å². The molecule has 1 aromatic rings. The maximum absolute atomic E-state index is 12.0. The Morgan fingerprint density at radius 1 is 1.05 bits per heavy atom. The summed E-state index contributed by atoms with van der Waals surface area (Å²) in [5.41, 5.74) is 6.17. The highest BCUT2D eigenvalue weighted by Crippen LogP contribution is 2.18. The second-order valence-corrected chi connectivity index (χ2v) is 5.65. The minimum Gasteiger partial charge on any atom is -0.353 e. The summed E-state index contributed by atoms with van der Waals surface area (Å²) >= 11 is 0. The highest BCUT2D eigenvalue weighted by Gasteiger charge is 2.23. The molecule has 0 saturated heterocycles. The first kappa shape index (κ1) is 16.4. The lowest BCUT2D eigenvalue weighted by Crippen LogP contribution is -2.44. The van der Waals surface area contributed by atoms with Crippen molar-refractivity contribution in [3.8, 4) is 0 Å². The van der Waals surface area contributed by atoms with Crippen molar-refractivity contribution in [3.05, 3.63) is 24.3 Å². The number of nitrogens with two attached hydrogens (primary N) is 1. The second-order valence-electron chi connectivity index (χ2n) is 5.65. The van der Waals surface area contributed by atoms with Crippen molar-refractivity contribution >= 4 is 11.8 Å². The van der Waals surface area contributed by atoms with E-state index >= 15 is 0 Å². The number of aromatic nitrogens is 2. The molecule has 1 aliphatic rings. The van der Waals surface area contributed by atoms with Crippen LogP contribution in [0.5, 0.6) is 0 Å². The van der Waals surface area contributed by atoms with E-state index < -0.39 is 0 Å². The number of hydrogen-bond acceptors (Lipinski definition) is 5. The Balaban J connectivity index is 1.68. The molecule has 0 aliphatic heterocycles. The van der Waals surface area contributed by atoms with Crippen LogP contribution in [0.4, 0.5) is 0 Å². The van der Waals surface area contributed by atoms with Gasteiger partial charge < -0.3 is 16.4 Å². The van der Waals surface area contributed by atoms with Crippen LogP contribution in [0.1, 0.15) is 37.7 Å². The minimum absolute atomic E-state index is 0.00887. The highest BCUT2D eigenvalue weighted by molar-refractivity contribution is 5.78. The summed E-state index contributed by atoms with van der Waals surface area (Å²) in [6.07, 6.45) is 8.94. The third-order valence-electron chi connectivity index (χ3n) is 3.81. The number of carbonyl (C=O) groups excluding carboxylic acids is 2. The maximum atomic E-state index is 12.0. The van der Waals surface area contributed by atoms with Crippen molar-refractivity contribution in [1.82, 2.24) is 20.6 Å². The molecular weight excluding hydrogens is 282 g/mol. The van der Waals surface area contributed by atoms with E-state index in [1.165, 1.54) is 6.33 Å². The lowest BCUT2D eigenvalue weighted by Gasteiger charge is -2.29. The van der Waals surface area contributed by atoms with Crippen LogP contribution < -0.4 is 16.4 Å². The van der Waals surface area contributed by atoms with Gasteiger partial charge in [0.15, 0.2) is 0 Å². The van der Waals surface area contributed by atoms with E-state index in [0.29, 0.717) is 19.4 Å². The van der Waals surface area contributed by atoms with Gasteiger partial charge in [0, 0.05) is 37.4 Å². The molecule has 1 fully saturated rings. The van der Waals surface area contributed by atoms with Gasteiger partial charge in [-0.3, -0.25) is 9.59 Å². The average molecular weight is 305 g/mol. The summed E-state index contributed by atoms with van der Waals surface area (Å²) < 4.78 is 0. The fourth-order valence-corrected chi connectivity index (χ4v) is 2.70. The van der Waals surface area contributed by atoms with Gasteiger partial charge in [-0.2, -0.15) is 0 Å². The smallest absolute Gasteiger partial charge is 0.224 e. The summed E-state index contributed by atoms with van der Waals surface area (Å²) in [6.45, 7) is 0.375. The van der Waals surface area contributed by atoms with Crippen LogP contribution in [0.15, 0.2) is 18.7 Å². The summed E-state index contributed by atoms with van der Waals surface area (Å²) in [7, 11) is 0. The summed E-state index contributed by atoms with van der Waals surface area (Å²) in [6, 6.07) is 0.384. The van der Waals surface area contributed by atoms with Gasteiger partial charge in [-0.25, -0.2) is 9.97 Å². The molecule has 0 spiro atoms. The van der Waals surface area contributed by atoms with Gasteiger partial charge in [0.05, 0.1) is 6.42 Å². The van der Waals surface area contributed by atoms with E-state index in [9.17, 15) is 9.59 Å². The molecule has 0 radical (unpaired) electrons. The summed E-state index contributed by atoms with van der Waals surface area (Å²) in [5, 5.41) is 6.02. The molecule has 1 heterocycles. The maximum Gasteiger partial charge on any atom is 0.224 e. The van der Waals surface area contributed by atoms with Gasteiger partial charge >= 0.3 is 0 Å². The lowest BCUT2D eigenvalue weighted by atomic mass is 9.91. The van der Waals surface area contributed by atoms with Crippen LogP contribution in [0.2, 0.25) is 0 Å². The number of carbonyl (C=O) groups is 2. The first-order valence-electron chi connectivity index (χ1n) is 7.70. The predicted molar refractivity (Wildman–Crippen MR) is 81.7 cm³/mol. The Labute approximate surface area is 130 Å². The largest absolute Gasteiger partial charge is 0.353 e. The van der Waals surface area contributed by atoms with E-state index in [4.69, 9.17) is 5.73 Å². The van der Waals surface area contributed by atoms with Gasteiger partial charge in [-0.1, -0.05) is 0 Å². The number of hydrogen-bond donors (Lipinski definition) is 3. The van der Waals surface area contributed by atoms with Gasteiger partial charge in [-0.15, -0.1) is 0 Å². The first-order valence-corrected chi connectivity index (χ1v) is 7.70. The zero-order valence-corrected chi connectivity index (χ0v) is 12.6. The molecular formula is C15H23N5O2. The Morgan fingerprint density at radius 3 is 2.14 bits per heavy atom. The molecule has 0 atom stereocenters. The Bertz CT molecular complexity index is 486. The quantitative estimate of drug-likeness (QED) is 0.680. The predicted octanol–water partition coefficient (Wildman–Crippen LogP) is -0.0885. The lowest BCUT2D eigenvalue weighted by molar-refractivity contribution is -0.123. The van der Waals surface area contributed by atoms with Gasteiger partial charge in [0.2, 0.25) is 11.8 Å². The zero-order chi connectivity index (χ0) is 15.8. The van der Waals surface area contributed by atoms with Crippen LogP contribution in [-0.2, 0) is 16.0 Å². The van der Waals surface area contributed by atoms with Crippen molar-refractivity contribution in [1.29, 1.82) is 0 Å². The minimum atomic E-state index is -0.00887. The van der Waals surface area contributed by atoms with Crippen LogP contribution in [0, 0.1) is 0 Å². The molecule has 0 unspecified atom stereocenters. The number of rotatable bonds is 6. The second kappa shape index (κ2) is 8.43. The molecule has 1 aromatic heterocycles. The van der Waals surface area contributed by atoms with Crippen LogP contribution in [-0.4, -0.2) is 40.4 Å². The van der Waals surface area contributed by atoms with Crippen molar-refractivity contribution in [2.45, 2.75) is 50.6 Å². The number of nitrogens with zero attached hydrogens (tertiary/aromatic N) is 2. The Kier molecular flexibility index (Phi) is 6.27. The molecule has 2 rings (SSSR count). The molecule has 120 valence electrons. The standard InChI is InChI=1S/C15H23N5O2/c16-6-5-14(21)19-12-1-3-13(4-2-12)20-15(22)7-11-8-17-10-18-9-11/h8-10,12-13H,1-7,16H2,(H,19,21)(H,20,22). The topological polar surface area (TPSA) is 110 Å². The van der Waals surface area contributed by atoms with Gasteiger partial charge in [0.1, 0.15) is 6.33 Å². The third kappa shape index (κ3) is 5.40. The first-order chi connectivity index (χ1) is 10.7. The molecule has 22 heavy (non-hydrogen) atoms. The van der Waals surface area contributed by atoms with Gasteiger partial charge in [0.25, 0.3) is 0 Å². The molecule has 2 amide bonds. The zero-order valence-electron chi connectivity index (χ0n) is 12.6. The van der Waals surface area contributed by atoms with Crippen LogP contribution in [0.3, 0.4) is 0 Å². The van der Waals surface area contributed by atoms with E-state index in [1.54, 1.807) is 12.4 Å². The molecule has 0 aromatic carbocycles. The van der Waals surface area contributed by atoms with Crippen molar-refractivity contribution in [3.63, 3.8) is 0 Å². The monoisotopic (exact) mass is 305 g/mol. The third-order valence-corrected chi connectivity index (χ3v) is 3.81. The number of nitrogens with one attached hydrogen (secondary N) is 2. The molecule has 7 nitrogen and oxygen atoms in total. The van der Waals surface area contributed by atoms with Gasteiger partial charge in [-0.05, 0) is 31.2 Å². The Morgan fingerprint density at radius 2 is 1.59 bits per heavy atom. The van der Waals surface area contributed by atoms with Crippen LogP contribution in [0.25, 0.3) is 0 Å². The molecule has 7 heteroatoms. The van der Waals surface area contributed by atoms with Crippen molar-refractivity contribution < 1.29 is 9.59 Å². The van der Waals surface area contributed by atoms with E-state index in [-0.39, 0.29) is 23.9 Å². The molecule has 0 bridgehead atoms. The van der Waals surface area contributed by atoms with Crippen molar-refractivity contribution in [2.75, 3.05) is 6.54 Å². The Hall–Kier alpha value is -2.02. The normalized spacial score (nSPS) is 21.1. The SMILES string of the molecule is NCCC(=O)NC1CCC(NC(=O)Cc2cncnc2)CC1. The van der Waals surface area contributed by atoms with E-state index in [1.807, 2.05) is 0 Å². The molecule has 1 saturated carbocycles. The fraction of sp³-hybridized carbons (Fsp3) is 0.600. The average Bonchev–Trinajstić information content (AvgIpc) is 2.50.